The lowest BCUT2D eigenvalue weighted by atomic mass is 9.90. The Labute approximate surface area is 172 Å². The van der Waals surface area contributed by atoms with E-state index in [-0.39, 0.29) is 22.0 Å². The molecule has 0 unspecified atom stereocenters. The molecule has 2 aromatic carbocycles. The maximum atomic E-state index is 10.8. The van der Waals surface area contributed by atoms with Gasteiger partial charge in [0, 0.05) is 29.4 Å². The Hall–Kier alpha value is -3.56. The number of nitro benzene ring substituents is 3. The highest BCUT2D eigenvalue weighted by Crippen LogP contribution is 2.33. The van der Waals surface area contributed by atoms with E-state index in [9.17, 15) is 30.3 Å². The smallest absolute Gasteiger partial charge is 0.279 e. The molecule has 0 radical (unpaired) electrons. The summed E-state index contributed by atoms with van der Waals surface area (Å²) in [5.74, 6) is 0. The van der Waals surface area contributed by atoms with E-state index < -0.39 is 9.85 Å². The van der Waals surface area contributed by atoms with Crippen molar-refractivity contribution < 1.29 is 14.8 Å². The maximum absolute atomic E-state index is 10.8. The summed E-state index contributed by atoms with van der Waals surface area (Å²) in [6.07, 6.45) is 7.29. The van der Waals surface area contributed by atoms with Crippen molar-refractivity contribution in [1.29, 1.82) is 0 Å². The van der Waals surface area contributed by atoms with Gasteiger partial charge < -0.3 is 5.73 Å². The van der Waals surface area contributed by atoms with E-state index >= 15 is 0 Å². The first-order valence-electron chi connectivity index (χ1n) is 9.78. The zero-order valence-electron chi connectivity index (χ0n) is 16.3. The Kier molecular flexibility index (Phi) is 6.24. The summed E-state index contributed by atoms with van der Waals surface area (Å²) in [6, 6.07) is 5.64. The molecule has 30 heavy (non-hydrogen) atoms. The van der Waals surface area contributed by atoms with Gasteiger partial charge in [-0.05, 0) is 68.1 Å². The molecule has 158 valence electrons. The van der Waals surface area contributed by atoms with E-state index in [4.69, 9.17) is 5.73 Å². The number of nitrogen functional groups attached to an aromatic ring is 1. The van der Waals surface area contributed by atoms with Crippen LogP contribution < -0.4 is 5.73 Å². The zero-order chi connectivity index (χ0) is 21.8. The largest absolute Gasteiger partial charge is 0.398 e. The standard InChI is InChI=1S/C10H10N2O4.C10H12N2O2/c13-11(14)8-5-7-3-1-2-4-9(7)10(6-8)12(15)16;11-10-6-8(12(13)14)5-7-3-1-2-4-9(7)10/h5-6H,1-4H2;5-6H,1-4,11H2. The molecule has 0 amide bonds. The monoisotopic (exact) mass is 414 g/mol. The molecule has 2 aromatic rings. The van der Waals surface area contributed by atoms with Crippen LogP contribution in [-0.2, 0) is 25.7 Å². The fraction of sp³-hybridized carbons (Fsp3) is 0.400. The SMILES string of the molecule is Nc1cc([N+](=O)[O-])cc2c1CCCC2.O=[N+]([O-])c1cc2c(c([N+](=O)[O-])c1)CCCC2. The van der Waals surface area contributed by atoms with E-state index in [0.29, 0.717) is 24.1 Å². The van der Waals surface area contributed by atoms with Crippen LogP contribution in [0.3, 0.4) is 0 Å². The summed E-state index contributed by atoms with van der Waals surface area (Å²) in [5, 5.41) is 32.1. The lowest BCUT2D eigenvalue weighted by molar-refractivity contribution is -0.394. The highest BCUT2D eigenvalue weighted by Gasteiger charge is 2.25. The Morgan fingerprint density at radius 3 is 1.63 bits per heavy atom. The van der Waals surface area contributed by atoms with E-state index in [0.717, 1.165) is 61.3 Å². The molecule has 0 spiro atoms. The van der Waals surface area contributed by atoms with Crippen molar-refractivity contribution in [3.63, 3.8) is 0 Å². The van der Waals surface area contributed by atoms with Gasteiger partial charge in [-0.25, -0.2) is 0 Å². The number of aryl methyl sites for hydroxylation is 2. The van der Waals surface area contributed by atoms with Crippen molar-refractivity contribution in [3.8, 4) is 0 Å². The molecule has 0 saturated heterocycles. The minimum absolute atomic E-state index is 0.107. The first-order chi connectivity index (χ1) is 14.3. The highest BCUT2D eigenvalue weighted by atomic mass is 16.6. The molecule has 0 aromatic heterocycles. The summed E-state index contributed by atoms with van der Waals surface area (Å²) >= 11 is 0. The fourth-order valence-electron chi connectivity index (χ4n) is 4.09. The minimum Gasteiger partial charge on any atom is -0.398 e. The fourth-order valence-corrected chi connectivity index (χ4v) is 4.09. The Morgan fingerprint density at radius 2 is 1.10 bits per heavy atom. The summed E-state index contributed by atoms with van der Waals surface area (Å²) < 4.78 is 0. The Bertz CT molecular complexity index is 1020. The van der Waals surface area contributed by atoms with Crippen molar-refractivity contribution in [3.05, 3.63) is 76.9 Å². The summed E-state index contributed by atoms with van der Waals surface area (Å²) in [6.45, 7) is 0. The molecular weight excluding hydrogens is 392 g/mol. The van der Waals surface area contributed by atoms with Gasteiger partial charge >= 0.3 is 0 Å². The number of nitrogens with zero attached hydrogens (tertiary/aromatic N) is 3. The van der Waals surface area contributed by atoms with Gasteiger partial charge in [-0.2, -0.15) is 0 Å². The number of nitrogens with two attached hydrogens (primary N) is 1. The first-order valence-corrected chi connectivity index (χ1v) is 9.78. The van der Waals surface area contributed by atoms with Crippen molar-refractivity contribution in [2.75, 3.05) is 5.73 Å². The van der Waals surface area contributed by atoms with Crippen LogP contribution in [0.5, 0.6) is 0 Å². The third-order valence-corrected chi connectivity index (χ3v) is 5.53. The van der Waals surface area contributed by atoms with Crippen LogP contribution in [0.15, 0.2) is 24.3 Å². The van der Waals surface area contributed by atoms with Crippen LogP contribution in [0, 0.1) is 30.3 Å². The van der Waals surface area contributed by atoms with Crippen molar-refractivity contribution in [2.24, 2.45) is 0 Å². The number of hydrogen-bond donors (Lipinski definition) is 1. The van der Waals surface area contributed by atoms with Gasteiger partial charge in [0.2, 0.25) is 0 Å². The molecule has 0 aliphatic heterocycles. The number of anilines is 1. The molecule has 0 heterocycles. The Balaban J connectivity index is 0.000000172. The minimum atomic E-state index is -0.581. The number of fused-ring (bicyclic) bond motifs is 2. The van der Waals surface area contributed by atoms with Gasteiger partial charge in [0.25, 0.3) is 17.1 Å². The van der Waals surface area contributed by atoms with Gasteiger partial charge in [-0.1, -0.05) is 0 Å². The highest BCUT2D eigenvalue weighted by molar-refractivity contribution is 5.58. The summed E-state index contributed by atoms with van der Waals surface area (Å²) in [5.41, 5.74) is 9.77. The van der Waals surface area contributed by atoms with Crippen LogP contribution in [0.2, 0.25) is 0 Å². The average Bonchev–Trinajstić information content (AvgIpc) is 2.73. The number of benzene rings is 2. The number of nitro groups is 3. The molecule has 0 saturated carbocycles. The van der Waals surface area contributed by atoms with Crippen LogP contribution >= 0.6 is 0 Å². The lowest BCUT2D eigenvalue weighted by Gasteiger charge is -2.16. The zero-order valence-corrected chi connectivity index (χ0v) is 16.3. The van der Waals surface area contributed by atoms with E-state index in [1.54, 1.807) is 6.07 Å². The maximum Gasteiger partial charge on any atom is 0.279 e. The average molecular weight is 414 g/mol. The van der Waals surface area contributed by atoms with Gasteiger partial charge in [0.05, 0.1) is 20.8 Å². The third kappa shape index (κ3) is 4.53. The van der Waals surface area contributed by atoms with Crippen molar-refractivity contribution in [2.45, 2.75) is 51.4 Å². The third-order valence-electron chi connectivity index (χ3n) is 5.53. The molecule has 2 N–H and O–H groups in total. The summed E-state index contributed by atoms with van der Waals surface area (Å²) in [7, 11) is 0. The second-order valence-corrected chi connectivity index (χ2v) is 7.46. The molecule has 4 rings (SSSR count). The molecular formula is C20H22N4O6. The lowest BCUT2D eigenvalue weighted by Crippen LogP contribution is -2.07. The van der Waals surface area contributed by atoms with Gasteiger partial charge in [0.1, 0.15) is 0 Å². The van der Waals surface area contributed by atoms with Gasteiger partial charge in [-0.15, -0.1) is 0 Å². The predicted octanol–water partition coefficient (Wildman–Crippen LogP) is 4.44. The van der Waals surface area contributed by atoms with E-state index in [1.807, 2.05) is 0 Å². The van der Waals surface area contributed by atoms with E-state index in [2.05, 4.69) is 0 Å². The second kappa shape index (κ2) is 8.85. The first kappa shape index (κ1) is 21.2. The predicted molar refractivity (Wildman–Crippen MR) is 111 cm³/mol. The van der Waals surface area contributed by atoms with Gasteiger partial charge in [-0.3, -0.25) is 30.3 Å². The molecule has 0 atom stereocenters. The van der Waals surface area contributed by atoms with E-state index in [1.165, 1.54) is 12.1 Å². The molecule has 0 fully saturated rings. The summed E-state index contributed by atoms with van der Waals surface area (Å²) in [4.78, 5) is 30.6. The second-order valence-electron chi connectivity index (χ2n) is 7.46. The van der Waals surface area contributed by atoms with Crippen LogP contribution in [0.1, 0.15) is 47.9 Å². The quantitative estimate of drug-likeness (QED) is 0.442. The molecule has 2 aliphatic rings. The number of hydrogen-bond acceptors (Lipinski definition) is 7. The molecule has 0 bridgehead atoms. The van der Waals surface area contributed by atoms with Crippen LogP contribution in [0.4, 0.5) is 22.7 Å². The normalized spacial score (nSPS) is 14.5. The Morgan fingerprint density at radius 1 is 0.633 bits per heavy atom. The van der Waals surface area contributed by atoms with Gasteiger partial charge in [0.15, 0.2) is 0 Å². The van der Waals surface area contributed by atoms with Crippen LogP contribution in [0.25, 0.3) is 0 Å². The van der Waals surface area contributed by atoms with Crippen molar-refractivity contribution in [1.82, 2.24) is 0 Å². The van der Waals surface area contributed by atoms with Crippen molar-refractivity contribution >= 4 is 22.7 Å². The molecule has 2 aliphatic carbocycles. The topological polar surface area (TPSA) is 155 Å². The number of non-ortho nitro benzene ring substituents is 2. The molecule has 10 nitrogen and oxygen atoms in total. The van der Waals surface area contributed by atoms with Crippen LogP contribution in [-0.4, -0.2) is 14.8 Å². The molecule has 10 heteroatoms. The number of rotatable bonds is 3.